The number of nitrogens with one attached hydrogen (secondary N) is 1. The van der Waals surface area contributed by atoms with Crippen molar-refractivity contribution in [2.45, 2.75) is 53.5 Å². The van der Waals surface area contributed by atoms with E-state index in [0.717, 1.165) is 40.9 Å². The number of pyridine rings is 1. The summed E-state index contributed by atoms with van der Waals surface area (Å²) in [5, 5.41) is 6.13. The zero-order valence-corrected chi connectivity index (χ0v) is 22.8. The molecule has 2 aromatic carbocycles. The van der Waals surface area contributed by atoms with Crippen LogP contribution < -0.4 is 10.9 Å². The number of carbonyl (C=O) groups excluding carboxylic acids is 1. The highest BCUT2D eigenvalue weighted by atomic mass is 35.5. The highest BCUT2D eigenvalue weighted by Crippen LogP contribution is 2.30. The molecule has 0 atom stereocenters. The minimum Gasteiger partial charge on any atom is -0.350 e. The Balaban J connectivity index is 1.99. The second kappa shape index (κ2) is 10.8. The van der Waals surface area contributed by atoms with Crippen molar-refractivity contribution in [2.75, 3.05) is 0 Å². The topological polar surface area (TPSA) is 64.0 Å². The maximum Gasteiger partial charge on any atom is 0.265 e. The van der Waals surface area contributed by atoms with Gasteiger partial charge in [0.15, 0.2) is 0 Å². The van der Waals surface area contributed by atoms with Crippen molar-refractivity contribution in [1.29, 1.82) is 0 Å². The van der Waals surface area contributed by atoms with Crippen LogP contribution in [0.5, 0.6) is 0 Å². The van der Waals surface area contributed by atoms with E-state index in [0.29, 0.717) is 26.9 Å². The molecular weight excluding hydrogens is 490 g/mol. The summed E-state index contributed by atoms with van der Waals surface area (Å²) in [5.41, 5.74) is 5.97. The minimum absolute atomic E-state index is 0.0359. The van der Waals surface area contributed by atoms with E-state index < -0.39 is 0 Å². The molecule has 5 nitrogen and oxygen atoms in total. The molecule has 0 spiro atoms. The van der Waals surface area contributed by atoms with Gasteiger partial charge in [0.2, 0.25) is 0 Å². The van der Waals surface area contributed by atoms with Gasteiger partial charge in [0.25, 0.3) is 11.5 Å². The van der Waals surface area contributed by atoms with Crippen LogP contribution in [0.1, 0.15) is 54.9 Å². The fraction of sp³-hybridized carbons (Fsp3) is 0.276. The average Bonchev–Trinajstić information content (AvgIpc) is 3.34. The molecule has 4 aromatic rings. The lowest BCUT2D eigenvalue weighted by molar-refractivity contribution is 0.0942. The largest absolute Gasteiger partial charge is 0.350 e. The van der Waals surface area contributed by atoms with Crippen LogP contribution in [0.15, 0.2) is 58.7 Å². The second-order valence-electron chi connectivity index (χ2n) is 9.00. The molecule has 2 aromatic heterocycles. The molecule has 2 heterocycles. The summed E-state index contributed by atoms with van der Waals surface area (Å²) in [4.78, 5) is 32.1. The number of aromatic nitrogens is 2. The molecule has 0 unspecified atom stereocenters. The Hall–Kier alpha value is -3.22. The zero-order valence-electron chi connectivity index (χ0n) is 21.2. The number of rotatable bonds is 7. The SMILES string of the molecule is CCc1cccc(CC)c1-n1c(C)c(C(=O)NC(C)C)cc(-c2nc(-c3ccc(Cl)cc3)cs2)c1=O. The van der Waals surface area contributed by atoms with Crippen LogP contribution in [0.4, 0.5) is 0 Å². The first-order chi connectivity index (χ1) is 17.2. The first kappa shape index (κ1) is 25.9. The van der Waals surface area contributed by atoms with Crippen LogP contribution in [0.25, 0.3) is 27.5 Å². The summed E-state index contributed by atoms with van der Waals surface area (Å²) in [7, 11) is 0. The Morgan fingerprint density at radius 1 is 1.08 bits per heavy atom. The van der Waals surface area contributed by atoms with Crippen LogP contribution in [-0.4, -0.2) is 21.5 Å². The molecule has 0 fully saturated rings. The third-order valence-electron chi connectivity index (χ3n) is 6.17. The van der Waals surface area contributed by atoms with Gasteiger partial charge in [0.1, 0.15) is 5.01 Å². The molecule has 7 heteroatoms. The summed E-state index contributed by atoms with van der Waals surface area (Å²) < 4.78 is 1.71. The monoisotopic (exact) mass is 519 g/mol. The maximum atomic E-state index is 14.1. The Labute approximate surface area is 220 Å². The van der Waals surface area contributed by atoms with Gasteiger partial charge in [0.05, 0.1) is 22.5 Å². The van der Waals surface area contributed by atoms with Gasteiger partial charge in [-0.3, -0.25) is 14.2 Å². The second-order valence-corrected chi connectivity index (χ2v) is 10.3. The Bertz CT molecular complexity index is 1450. The number of hydrogen-bond donors (Lipinski definition) is 1. The smallest absolute Gasteiger partial charge is 0.265 e. The van der Waals surface area contributed by atoms with Crippen LogP contribution >= 0.6 is 22.9 Å². The van der Waals surface area contributed by atoms with Crippen molar-refractivity contribution >= 4 is 28.8 Å². The lowest BCUT2D eigenvalue weighted by Crippen LogP contribution is -2.34. The van der Waals surface area contributed by atoms with Crippen molar-refractivity contribution < 1.29 is 4.79 Å². The molecule has 0 saturated heterocycles. The van der Waals surface area contributed by atoms with Gasteiger partial charge < -0.3 is 5.32 Å². The quantitative estimate of drug-likeness (QED) is 0.290. The van der Waals surface area contributed by atoms with Crippen LogP contribution in [0.2, 0.25) is 5.02 Å². The van der Waals surface area contributed by atoms with Crippen molar-refractivity contribution in [3.05, 3.63) is 91.7 Å². The van der Waals surface area contributed by atoms with Crippen LogP contribution in [0, 0.1) is 6.92 Å². The van der Waals surface area contributed by atoms with Gasteiger partial charge >= 0.3 is 0 Å². The summed E-state index contributed by atoms with van der Waals surface area (Å²) in [6.45, 7) is 9.84. The van der Waals surface area contributed by atoms with E-state index in [9.17, 15) is 9.59 Å². The molecule has 1 N–H and O–H groups in total. The number of nitrogens with zero attached hydrogens (tertiary/aromatic N) is 2. The molecule has 0 saturated carbocycles. The Morgan fingerprint density at radius 2 is 1.72 bits per heavy atom. The number of hydrogen-bond acceptors (Lipinski definition) is 4. The molecule has 36 heavy (non-hydrogen) atoms. The molecule has 0 aliphatic heterocycles. The summed E-state index contributed by atoms with van der Waals surface area (Å²) in [6, 6.07) is 15.2. The third-order valence-corrected chi connectivity index (χ3v) is 7.30. The average molecular weight is 520 g/mol. The molecule has 0 aliphatic rings. The van der Waals surface area contributed by atoms with Gasteiger partial charge in [-0.1, -0.05) is 55.8 Å². The molecule has 186 valence electrons. The van der Waals surface area contributed by atoms with E-state index in [2.05, 4.69) is 19.2 Å². The lowest BCUT2D eigenvalue weighted by Gasteiger charge is -2.21. The Morgan fingerprint density at radius 3 is 2.31 bits per heavy atom. The third kappa shape index (κ3) is 5.01. The molecule has 1 amide bonds. The van der Waals surface area contributed by atoms with E-state index in [1.807, 2.05) is 68.6 Å². The summed E-state index contributed by atoms with van der Waals surface area (Å²) in [6.07, 6.45) is 1.54. The zero-order chi connectivity index (χ0) is 26.0. The molecule has 0 bridgehead atoms. The first-order valence-electron chi connectivity index (χ1n) is 12.2. The molecule has 0 aliphatic carbocycles. The van der Waals surface area contributed by atoms with E-state index in [1.54, 1.807) is 10.6 Å². The predicted octanol–water partition coefficient (Wildman–Crippen LogP) is 6.85. The molecule has 0 radical (unpaired) electrons. The van der Waals surface area contributed by atoms with Crippen molar-refractivity contribution in [2.24, 2.45) is 0 Å². The van der Waals surface area contributed by atoms with Gasteiger partial charge in [-0.2, -0.15) is 0 Å². The van der Waals surface area contributed by atoms with E-state index >= 15 is 0 Å². The number of amides is 1. The fourth-order valence-electron chi connectivity index (χ4n) is 4.35. The fourth-order valence-corrected chi connectivity index (χ4v) is 5.31. The van der Waals surface area contributed by atoms with E-state index in [4.69, 9.17) is 16.6 Å². The number of thiazole rings is 1. The lowest BCUT2D eigenvalue weighted by atomic mass is 10.0. The van der Waals surface area contributed by atoms with E-state index in [1.165, 1.54) is 11.3 Å². The number of halogens is 1. The van der Waals surface area contributed by atoms with Gasteiger partial charge in [-0.25, -0.2) is 4.98 Å². The van der Waals surface area contributed by atoms with Crippen LogP contribution in [0.3, 0.4) is 0 Å². The van der Waals surface area contributed by atoms with Gasteiger partial charge in [0, 0.05) is 27.7 Å². The minimum atomic E-state index is -0.209. The van der Waals surface area contributed by atoms with Gasteiger partial charge in [-0.05, 0) is 62.9 Å². The standard InChI is InChI=1S/C29H30ClN3O2S/c1-6-19-9-8-10-20(7-2)26(19)33-18(5)23(27(34)31-17(3)4)15-24(29(33)35)28-32-25(16-36-28)21-11-13-22(30)14-12-21/h8-17H,6-7H2,1-5H3,(H,31,34). The number of benzene rings is 2. The normalized spacial score (nSPS) is 11.2. The molecule has 4 rings (SSSR count). The summed E-state index contributed by atoms with van der Waals surface area (Å²) in [5.74, 6) is -0.209. The number of aryl methyl sites for hydroxylation is 2. The number of carbonyl (C=O) groups is 1. The van der Waals surface area contributed by atoms with Crippen molar-refractivity contribution in [3.8, 4) is 27.5 Å². The van der Waals surface area contributed by atoms with Crippen LogP contribution in [-0.2, 0) is 12.8 Å². The van der Waals surface area contributed by atoms with E-state index in [-0.39, 0.29) is 17.5 Å². The first-order valence-corrected chi connectivity index (χ1v) is 13.4. The maximum absolute atomic E-state index is 14.1. The van der Waals surface area contributed by atoms with Gasteiger partial charge in [-0.15, -0.1) is 11.3 Å². The summed E-state index contributed by atoms with van der Waals surface area (Å²) >= 11 is 7.43. The Kier molecular flexibility index (Phi) is 7.76. The molecular formula is C29H30ClN3O2S. The predicted molar refractivity (Wildman–Crippen MR) is 150 cm³/mol. The van der Waals surface area contributed by atoms with Crippen molar-refractivity contribution in [1.82, 2.24) is 14.9 Å². The highest BCUT2D eigenvalue weighted by molar-refractivity contribution is 7.13. The highest BCUT2D eigenvalue weighted by Gasteiger charge is 2.23. The number of para-hydroxylation sites is 1. The van der Waals surface area contributed by atoms with Crippen molar-refractivity contribution in [3.63, 3.8) is 0 Å².